The van der Waals surface area contributed by atoms with E-state index in [1.165, 1.54) is 19.2 Å². The summed E-state index contributed by atoms with van der Waals surface area (Å²) >= 11 is 0. The van der Waals surface area contributed by atoms with Crippen LogP contribution >= 0.6 is 0 Å². The molecule has 2 aromatic rings. The summed E-state index contributed by atoms with van der Waals surface area (Å²) in [5, 5.41) is 0. The Morgan fingerprint density at radius 2 is 1.83 bits per heavy atom. The van der Waals surface area contributed by atoms with Gasteiger partial charge in [0.25, 0.3) is 0 Å². The largest absolute Gasteiger partial charge is 0.494 e. The number of halogens is 1. The Bertz CT molecular complexity index is 552. The van der Waals surface area contributed by atoms with Gasteiger partial charge < -0.3 is 9.47 Å². The van der Waals surface area contributed by atoms with E-state index in [1.807, 2.05) is 0 Å². The van der Waals surface area contributed by atoms with Gasteiger partial charge in [-0.25, -0.2) is 9.18 Å². The average molecular weight is 246 g/mol. The van der Waals surface area contributed by atoms with Crippen LogP contribution in [-0.2, 0) is 0 Å². The molecule has 0 amide bonds. The highest BCUT2D eigenvalue weighted by Crippen LogP contribution is 2.22. The predicted molar refractivity (Wildman–Crippen MR) is 64.4 cm³/mol. The van der Waals surface area contributed by atoms with Crippen LogP contribution in [0.1, 0.15) is 10.4 Å². The summed E-state index contributed by atoms with van der Waals surface area (Å²) in [6.45, 7) is 0. The number of carbonyl (C=O) groups excluding carboxylic acids is 1. The van der Waals surface area contributed by atoms with E-state index in [2.05, 4.69) is 0 Å². The molecule has 3 nitrogen and oxygen atoms in total. The Morgan fingerprint density at radius 1 is 1.11 bits per heavy atom. The van der Waals surface area contributed by atoms with Gasteiger partial charge in [-0.05, 0) is 24.3 Å². The molecule has 0 aromatic heterocycles. The maximum Gasteiger partial charge on any atom is 0.343 e. The van der Waals surface area contributed by atoms with Crippen LogP contribution in [0.3, 0.4) is 0 Å². The van der Waals surface area contributed by atoms with Gasteiger partial charge in [-0.3, -0.25) is 0 Å². The SMILES string of the molecule is COc1ccc(OC(=O)c2ccccc2)cc1F. The fraction of sp³-hybridized carbons (Fsp3) is 0.0714. The summed E-state index contributed by atoms with van der Waals surface area (Å²) in [4.78, 5) is 11.7. The van der Waals surface area contributed by atoms with Crippen LogP contribution in [0.25, 0.3) is 0 Å². The molecule has 0 unspecified atom stereocenters. The smallest absolute Gasteiger partial charge is 0.343 e. The van der Waals surface area contributed by atoms with Gasteiger partial charge in [0.2, 0.25) is 0 Å². The third-order valence-corrected chi connectivity index (χ3v) is 2.34. The quantitative estimate of drug-likeness (QED) is 0.616. The Morgan fingerprint density at radius 3 is 2.44 bits per heavy atom. The minimum Gasteiger partial charge on any atom is -0.494 e. The lowest BCUT2D eigenvalue weighted by molar-refractivity contribution is 0.0734. The van der Waals surface area contributed by atoms with E-state index in [1.54, 1.807) is 30.3 Å². The molecule has 0 heterocycles. The maximum absolute atomic E-state index is 13.4. The standard InChI is InChI=1S/C14H11FO3/c1-17-13-8-7-11(9-12(13)15)18-14(16)10-5-3-2-4-6-10/h2-9H,1H3. The third kappa shape index (κ3) is 2.66. The van der Waals surface area contributed by atoms with Crippen molar-refractivity contribution in [1.82, 2.24) is 0 Å². The van der Waals surface area contributed by atoms with Crippen molar-refractivity contribution < 1.29 is 18.7 Å². The molecular weight excluding hydrogens is 235 g/mol. The second-order valence-corrected chi connectivity index (χ2v) is 3.55. The highest BCUT2D eigenvalue weighted by atomic mass is 19.1. The van der Waals surface area contributed by atoms with Crippen LogP contribution < -0.4 is 9.47 Å². The molecule has 0 N–H and O–H groups in total. The lowest BCUT2D eigenvalue weighted by Gasteiger charge is -2.06. The van der Waals surface area contributed by atoms with Crippen molar-refractivity contribution in [2.75, 3.05) is 7.11 Å². The highest BCUT2D eigenvalue weighted by Gasteiger charge is 2.10. The zero-order chi connectivity index (χ0) is 13.0. The zero-order valence-corrected chi connectivity index (χ0v) is 9.72. The fourth-order valence-electron chi connectivity index (χ4n) is 1.45. The Balaban J connectivity index is 2.15. The Kier molecular flexibility index (Phi) is 3.57. The molecule has 0 spiro atoms. The van der Waals surface area contributed by atoms with Crippen molar-refractivity contribution in [3.05, 3.63) is 59.9 Å². The van der Waals surface area contributed by atoms with E-state index in [0.717, 1.165) is 6.07 Å². The maximum atomic E-state index is 13.4. The predicted octanol–water partition coefficient (Wildman–Crippen LogP) is 3.05. The number of benzene rings is 2. The van der Waals surface area contributed by atoms with Crippen LogP contribution in [0.15, 0.2) is 48.5 Å². The van der Waals surface area contributed by atoms with E-state index in [0.29, 0.717) is 5.56 Å². The van der Waals surface area contributed by atoms with Crippen LogP contribution in [0.2, 0.25) is 0 Å². The molecule has 0 radical (unpaired) electrons. The van der Waals surface area contributed by atoms with Crippen LogP contribution in [0.4, 0.5) is 4.39 Å². The molecule has 0 saturated heterocycles. The van der Waals surface area contributed by atoms with Crippen LogP contribution in [0.5, 0.6) is 11.5 Å². The second-order valence-electron chi connectivity index (χ2n) is 3.55. The summed E-state index contributed by atoms with van der Waals surface area (Å²) in [6, 6.07) is 12.5. The summed E-state index contributed by atoms with van der Waals surface area (Å²) in [5.74, 6) is -0.854. The summed E-state index contributed by atoms with van der Waals surface area (Å²) in [6.07, 6.45) is 0. The number of carbonyl (C=O) groups is 1. The minimum atomic E-state index is -0.573. The molecule has 18 heavy (non-hydrogen) atoms. The first-order valence-corrected chi connectivity index (χ1v) is 5.31. The van der Waals surface area contributed by atoms with E-state index < -0.39 is 11.8 Å². The number of hydrogen-bond donors (Lipinski definition) is 0. The number of hydrogen-bond acceptors (Lipinski definition) is 3. The molecule has 0 bridgehead atoms. The molecule has 0 aliphatic carbocycles. The molecule has 4 heteroatoms. The van der Waals surface area contributed by atoms with Gasteiger partial charge in [0, 0.05) is 6.07 Å². The number of rotatable bonds is 3. The van der Waals surface area contributed by atoms with Gasteiger partial charge in [-0.1, -0.05) is 18.2 Å². The molecule has 0 aliphatic heterocycles. The minimum absolute atomic E-state index is 0.106. The molecule has 92 valence electrons. The third-order valence-electron chi connectivity index (χ3n) is 2.34. The molecule has 0 saturated carbocycles. The zero-order valence-electron chi connectivity index (χ0n) is 9.72. The van der Waals surface area contributed by atoms with E-state index in [9.17, 15) is 9.18 Å². The molecule has 2 rings (SSSR count). The van der Waals surface area contributed by atoms with Crippen molar-refractivity contribution in [1.29, 1.82) is 0 Å². The van der Waals surface area contributed by atoms with E-state index in [-0.39, 0.29) is 11.5 Å². The first-order valence-electron chi connectivity index (χ1n) is 5.31. The summed E-state index contributed by atoms with van der Waals surface area (Å²) in [7, 11) is 1.37. The normalized spacial score (nSPS) is 9.89. The number of esters is 1. The summed E-state index contributed by atoms with van der Waals surface area (Å²) < 4.78 is 23.2. The van der Waals surface area contributed by atoms with Gasteiger partial charge in [0.1, 0.15) is 5.75 Å². The average Bonchev–Trinajstić information content (AvgIpc) is 2.40. The topological polar surface area (TPSA) is 35.5 Å². The molecule has 0 aliphatic rings. The second kappa shape index (κ2) is 5.31. The first-order chi connectivity index (χ1) is 8.70. The first kappa shape index (κ1) is 12.1. The molecule has 2 aromatic carbocycles. The number of ether oxygens (including phenoxy) is 2. The molecule has 0 fully saturated rings. The lowest BCUT2D eigenvalue weighted by Crippen LogP contribution is -2.08. The highest BCUT2D eigenvalue weighted by molar-refractivity contribution is 5.90. The molecule has 0 atom stereocenters. The summed E-state index contributed by atoms with van der Waals surface area (Å²) in [5.41, 5.74) is 0.411. The van der Waals surface area contributed by atoms with Crippen molar-refractivity contribution in [3.8, 4) is 11.5 Å². The lowest BCUT2D eigenvalue weighted by atomic mass is 10.2. The number of methoxy groups -OCH3 is 1. The van der Waals surface area contributed by atoms with E-state index >= 15 is 0 Å². The van der Waals surface area contributed by atoms with Crippen molar-refractivity contribution in [3.63, 3.8) is 0 Å². The fourth-order valence-corrected chi connectivity index (χ4v) is 1.45. The van der Waals surface area contributed by atoms with Gasteiger partial charge in [0.15, 0.2) is 11.6 Å². The van der Waals surface area contributed by atoms with Gasteiger partial charge >= 0.3 is 5.97 Å². The Hall–Kier alpha value is -2.36. The Labute approximate surface area is 104 Å². The van der Waals surface area contributed by atoms with Crippen molar-refractivity contribution >= 4 is 5.97 Å². The monoisotopic (exact) mass is 246 g/mol. The van der Waals surface area contributed by atoms with E-state index in [4.69, 9.17) is 9.47 Å². The van der Waals surface area contributed by atoms with Gasteiger partial charge in [-0.15, -0.1) is 0 Å². The van der Waals surface area contributed by atoms with Gasteiger partial charge in [0.05, 0.1) is 12.7 Å². The molecular formula is C14H11FO3. The van der Waals surface area contributed by atoms with Crippen LogP contribution in [0, 0.1) is 5.82 Å². The van der Waals surface area contributed by atoms with Crippen molar-refractivity contribution in [2.45, 2.75) is 0 Å². The van der Waals surface area contributed by atoms with Crippen LogP contribution in [-0.4, -0.2) is 13.1 Å². The van der Waals surface area contributed by atoms with Crippen molar-refractivity contribution in [2.24, 2.45) is 0 Å². The van der Waals surface area contributed by atoms with Gasteiger partial charge in [-0.2, -0.15) is 0 Å².